The van der Waals surface area contributed by atoms with Gasteiger partial charge in [-0.1, -0.05) is 6.92 Å². The summed E-state index contributed by atoms with van der Waals surface area (Å²) in [6, 6.07) is 0. The minimum atomic E-state index is 0.308. The number of epoxide rings is 1. The van der Waals surface area contributed by atoms with Crippen LogP contribution >= 0.6 is 0 Å². The van der Waals surface area contributed by atoms with Crippen molar-refractivity contribution in [2.24, 2.45) is 11.8 Å². The van der Waals surface area contributed by atoms with Gasteiger partial charge >= 0.3 is 0 Å². The van der Waals surface area contributed by atoms with Crippen molar-refractivity contribution in [1.82, 2.24) is 0 Å². The molecule has 1 heterocycles. The molecule has 1 saturated heterocycles. The van der Waals surface area contributed by atoms with Crippen LogP contribution < -0.4 is 0 Å². The fraction of sp³-hybridized carbons (Fsp3) is 0.889. The van der Waals surface area contributed by atoms with Crippen molar-refractivity contribution >= 4 is 0 Å². The molecule has 0 aromatic heterocycles. The first kappa shape index (κ1) is 5.59. The van der Waals surface area contributed by atoms with Crippen LogP contribution in [-0.2, 0) is 4.74 Å². The van der Waals surface area contributed by atoms with Gasteiger partial charge in [0.05, 0.1) is 11.7 Å². The van der Waals surface area contributed by atoms with Crippen molar-refractivity contribution in [3.05, 3.63) is 6.92 Å². The minimum Gasteiger partial charge on any atom is -0.365 e. The normalized spacial score (nSPS) is 62.7. The van der Waals surface area contributed by atoms with Gasteiger partial charge in [0, 0.05) is 0 Å². The molecule has 3 rings (SSSR count). The smallest absolute Gasteiger partial charge is 0.0979 e. The molecule has 1 aliphatic heterocycles. The zero-order chi connectivity index (χ0) is 6.77. The van der Waals surface area contributed by atoms with Gasteiger partial charge in [-0.3, -0.25) is 0 Å². The van der Waals surface area contributed by atoms with E-state index in [-0.39, 0.29) is 0 Å². The maximum absolute atomic E-state index is 5.71. The maximum Gasteiger partial charge on any atom is 0.0979 e. The quantitative estimate of drug-likeness (QED) is 0.502. The van der Waals surface area contributed by atoms with E-state index in [4.69, 9.17) is 4.74 Å². The van der Waals surface area contributed by atoms with Crippen LogP contribution in [0.25, 0.3) is 0 Å². The van der Waals surface area contributed by atoms with Gasteiger partial charge in [0.1, 0.15) is 0 Å². The van der Waals surface area contributed by atoms with Gasteiger partial charge in [0.2, 0.25) is 0 Å². The van der Waals surface area contributed by atoms with Crippen molar-refractivity contribution in [2.45, 2.75) is 37.4 Å². The molecule has 0 amide bonds. The Kier molecular flexibility index (Phi) is 0.797. The van der Waals surface area contributed by atoms with Crippen molar-refractivity contribution < 1.29 is 4.74 Å². The highest BCUT2D eigenvalue weighted by Crippen LogP contribution is 2.65. The van der Waals surface area contributed by atoms with Gasteiger partial charge in [0.25, 0.3) is 0 Å². The molecule has 3 fully saturated rings. The molecule has 2 bridgehead atoms. The maximum atomic E-state index is 5.71. The van der Waals surface area contributed by atoms with Gasteiger partial charge in [-0.05, 0) is 37.5 Å². The van der Waals surface area contributed by atoms with Crippen LogP contribution in [0, 0.1) is 18.8 Å². The first-order valence-electron chi connectivity index (χ1n) is 4.34. The molecule has 1 nitrogen and oxygen atoms in total. The third-order valence-electron chi connectivity index (χ3n) is 3.75. The Labute approximate surface area is 61.8 Å². The van der Waals surface area contributed by atoms with Gasteiger partial charge in [-0.25, -0.2) is 0 Å². The van der Waals surface area contributed by atoms with E-state index in [1.807, 2.05) is 0 Å². The summed E-state index contributed by atoms with van der Waals surface area (Å²) in [7, 11) is 0. The Morgan fingerprint density at radius 2 is 2.40 bits per heavy atom. The van der Waals surface area contributed by atoms with Crippen molar-refractivity contribution in [2.75, 3.05) is 0 Å². The molecule has 4 atom stereocenters. The van der Waals surface area contributed by atoms with E-state index < -0.39 is 0 Å². The molecule has 55 valence electrons. The Bertz CT molecular complexity index is 178. The van der Waals surface area contributed by atoms with Crippen LogP contribution in [0.3, 0.4) is 0 Å². The summed E-state index contributed by atoms with van der Waals surface area (Å²) < 4.78 is 5.71. The third kappa shape index (κ3) is 0.402. The van der Waals surface area contributed by atoms with Crippen LogP contribution in [0.15, 0.2) is 0 Å². The Morgan fingerprint density at radius 3 is 2.90 bits per heavy atom. The lowest BCUT2D eigenvalue weighted by molar-refractivity contribution is 0.195. The lowest BCUT2D eigenvalue weighted by atomic mass is 9.87. The molecule has 0 N–H and O–H groups in total. The molecule has 1 radical (unpaired) electrons. The molecule has 0 aromatic carbocycles. The molecular weight excluding hydrogens is 124 g/mol. The summed E-state index contributed by atoms with van der Waals surface area (Å²) in [6.45, 7) is 3.97. The second-order valence-electron chi connectivity index (χ2n) is 4.01. The van der Waals surface area contributed by atoms with Gasteiger partial charge in [-0.15, -0.1) is 0 Å². The summed E-state index contributed by atoms with van der Waals surface area (Å²) in [5, 5.41) is 0. The molecular formula is C9H13O. The van der Waals surface area contributed by atoms with Crippen LogP contribution in [-0.4, -0.2) is 11.7 Å². The van der Waals surface area contributed by atoms with Crippen LogP contribution in [0.5, 0.6) is 0 Å². The lowest BCUT2D eigenvalue weighted by Crippen LogP contribution is -2.21. The summed E-state index contributed by atoms with van der Waals surface area (Å²) in [5.41, 5.74) is 0.308. The van der Waals surface area contributed by atoms with E-state index in [9.17, 15) is 0 Å². The molecule has 2 aliphatic carbocycles. The van der Waals surface area contributed by atoms with Gasteiger partial charge in [-0.2, -0.15) is 0 Å². The van der Waals surface area contributed by atoms with Crippen molar-refractivity contribution in [1.29, 1.82) is 0 Å². The van der Waals surface area contributed by atoms with Crippen LogP contribution in [0.2, 0.25) is 0 Å². The predicted octanol–water partition coefficient (Wildman–Crippen LogP) is 1.78. The first-order valence-corrected chi connectivity index (χ1v) is 4.34. The van der Waals surface area contributed by atoms with Crippen molar-refractivity contribution in [3.8, 4) is 0 Å². The highest BCUT2D eigenvalue weighted by atomic mass is 16.6. The number of ether oxygens (including phenoxy) is 1. The second kappa shape index (κ2) is 1.42. The number of hydrogen-bond acceptors (Lipinski definition) is 1. The Balaban J connectivity index is 1.95. The average molecular weight is 137 g/mol. The Hall–Kier alpha value is -0.0400. The van der Waals surface area contributed by atoms with Crippen LogP contribution in [0.1, 0.15) is 25.7 Å². The Morgan fingerprint density at radius 1 is 1.50 bits per heavy atom. The summed E-state index contributed by atoms with van der Waals surface area (Å²) in [4.78, 5) is 0. The number of hydrogen-bond donors (Lipinski definition) is 0. The average Bonchev–Trinajstić information content (AvgIpc) is 2.47. The van der Waals surface area contributed by atoms with Gasteiger partial charge in [0.15, 0.2) is 0 Å². The van der Waals surface area contributed by atoms with Crippen LogP contribution in [0.4, 0.5) is 0 Å². The highest BCUT2D eigenvalue weighted by molar-refractivity contribution is 5.19. The zero-order valence-corrected chi connectivity index (χ0v) is 6.18. The summed E-state index contributed by atoms with van der Waals surface area (Å²) in [6.07, 6.45) is 5.94. The summed E-state index contributed by atoms with van der Waals surface area (Å²) in [5.74, 6) is 1.81. The van der Waals surface area contributed by atoms with E-state index in [1.165, 1.54) is 19.3 Å². The minimum absolute atomic E-state index is 0.308. The highest BCUT2D eigenvalue weighted by Gasteiger charge is 2.70. The largest absolute Gasteiger partial charge is 0.365 e. The van der Waals surface area contributed by atoms with E-state index in [1.54, 1.807) is 0 Å². The van der Waals surface area contributed by atoms with E-state index >= 15 is 0 Å². The SMILES string of the molecule is [CH2]CC12OC1C1CCC2C1. The molecule has 2 saturated carbocycles. The topological polar surface area (TPSA) is 12.5 Å². The molecule has 3 aliphatic rings. The lowest BCUT2D eigenvalue weighted by Gasteiger charge is -2.15. The molecule has 0 spiro atoms. The van der Waals surface area contributed by atoms with Gasteiger partial charge < -0.3 is 4.74 Å². The number of rotatable bonds is 1. The molecule has 0 aromatic rings. The second-order valence-corrected chi connectivity index (χ2v) is 4.01. The predicted molar refractivity (Wildman–Crippen MR) is 38.4 cm³/mol. The van der Waals surface area contributed by atoms with E-state index in [0.29, 0.717) is 11.7 Å². The number of fused-ring (bicyclic) bond motifs is 5. The molecule has 4 unspecified atom stereocenters. The zero-order valence-electron chi connectivity index (χ0n) is 6.18. The molecule has 10 heavy (non-hydrogen) atoms. The van der Waals surface area contributed by atoms with E-state index in [2.05, 4.69) is 6.92 Å². The summed E-state index contributed by atoms with van der Waals surface area (Å²) >= 11 is 0. The van der Waals surface area contributed by atoms with Crippen molar-refractivity contribution in [3.63, 3.8) is 0 Å². The molecule has 1 heteroatoms. The third-order valence-corrected chi connectivity index (χ3v) is 3.75. The monoisotopic (exact) mass is 137 g/mol. The van der Waals surface area contributed by atoms with E-state index in [0.717, 1.165) is 18.3 Å². The fourth-order valence-corrected chi connectivity index (χ4v) is 3.17. The first-order chi connectivity index (χ1) is 4.87. The fourth-order valence-electron chi connectivity index (χ4n) is 3.17. The standard InChI is InChI=1S/C9H13O/c1-2-9-7-4-3-6(5-7)8(9)10-9/h6-8H,1-5H2.